The number of fused-ring (bicyclic) bond motifs is 1. The van der Waals surface area contributed by atoms with Gasteiger partial charge in [0.15, 0.2) is 5.76 Å². The Balaban J connectivity index is 1.27. The number of hydrogen-bond donors (Lipinski definition) is 1. The van der Waals surface area contributed by atoms with E-state index in [1.165, 1.54) is 31.9 Å². The molecule has 0 aliphatic heterocycles. The van der Waals surface area contributed by atoms with Crippen molar-refractivity contribution in [3.8, 4) is 22.8 Å². The number of nitrogens with one attached hydrogen (secondary N) is 1. The molecule has 1 aliphatic carbocycles. The fourth-order valence-electron chi connectivity index (χ4n) is 4.58. The molecule has 3 aromatic heterocycles. The number of imidazole rings is 1. The van der Waals surface area contributed by atoms with Gasteiger partial charge in [0.2, 0.25) is 5.82 Å². The summed E-state index contributed by atoms with van der Waals surface area (Å²) in [5, 5.41) is 7.06. The fraction of sp³-hybridized carbons (Fsp3) is 0.231. The highest BCUT2D eigenvalue weighted by atomic mass is 16.5. The zero-order valence-corrected chi connectivity index (χ0v) is 18.7. The van der Waals surface area contributed by atoms with E-state index in [4.69, 9.17) is 8.94 Å². The zero-order valence-electron chi connectivity index (χ0n) is 18.7. The van der Waals surface area contributed by atoms with Crippen molar-refractivity contribution in [2.45, 2.75) is 38.6 Å². The first-order valence-corrected chi connectivity index (χ1v) is 11.4. The molecule has 3 heterocycles. The molecule has 5 aromatic rings. The van der Waals surface area contributed by atoms with E-state index in [9.17, 15) is 4.79 Å². The predicted octanol–water partition coefficient (Wildman–Crippen LogP) is 6.02. The highest BCUT2D eigenvalue weighted by Crippen LogP contribution is 2.33. The maximum Gasteiger partial charge on any atom is 0.291 e. The minimum Gasteiger partial charge on any atom is -0.459 e. The lowest BCUT2D eigenvalue weighted by atomic mass is 10.1. The van der Waals surface area contributed by atoms with Crippen LogP contribution in [-0.4, -0.2) is 25.6 Å². The summed E-state index contributed by atoms with van der Waals surface area (Å²) in [5.41, 5.74) is 5.18. The van der Waals surface area contributed by atoms with E-state index in [-0.39, 0.29) is 11.7 Å². The number of aryl methyl sites for hydroxylation is 1. The summed E-state index contributed by atoms with van der Waals surface area (Å²) in [6.45, 7) is 1.92. The van der Waals surface area contributed by atoms with Gasteiger partial charge in [-0.1, -0.05) is 24.1 Å². The predicted molar refractivity (Wildman–Crippen MR) is 127 cm³/mol. The van der Waals surface area contributed by atoms with Crippen LogP contribution in [0.5, 0.6) is 0 Å². The third-order valence-corrected chi connectivity index (χ3v) is 6.45. The Hall–Kier alpha value is -4.20. The fourth-order valence-corrected chi connectivity index (χ4v) is 4.58. The summed E-state index contributed by atoms with van der Waals surface area (Å²) in [5.74, 6) is 0.798. The van der Waals surface area contributed by atoms with Gasteiger partial charge in [-0.3, -0.25) is 4.79 Å². The molecule has 0 saturated heterocycles. The third-order valence-electron chi connectivity index (χ3n) is 6.45. The van der Waals surface area contributed by atoms with Crippen molar-refractivity contribution >= 4 is 22.6 Å². The summed E-state index contributed by atoms with van der Waals surface area (Å²) in [4.78, 5) is 21.6. The maximum absolute atomic E-state index is 12.4. The average Bonchev–Trinajstić information content (AvgIpc) is 3.66. The number of anilines is 1. The van der Waals surface area contributed by atoms with Crippen LogP contribution in [0.1, 0.15) is 47.8 Å². The molecule has 8 heteroatoms. The number of hydrogen-bond acceptors (Lipinski definition) is 6. The molecule has 8 nitrogen and oxygen atoms in total. The van der Waals surface area contributed by atoms with Crippen molar-refractivity contribution < 1.29 is 13.7 Å². The summed E-state index contributed by atoms with van der Waals surface area (Å²) in [6, 6.07) is 15.5. The van der Waals surface area contributed by atoms with Crippen LogP contribution < -0.4 is 5.32 Å². The number of aromatic nitrogens is 4. The van der Waals surface area contributed by atoms with Crippen LogP contribution in [0, 0.1) is 6.92 Å². The molecule has 34 heavy (non-hydrogen) atoms. The number of carbonyl (C=O) groups is 1. The van der Waals surface area contributed by atoms with Crippen LogP contribution in [0.15, 0.2) is 70.1 Å². The highest BCUT2D eigenvalue weighted by Gasteiger charge is 2.20. The molecular formula is C26H23N5O3. The largest absolute Gasteiger partial charge is 0.459 e. The Morgan fingerprint density at radius 1 is 1.09 bits per heavy atom. The molecule has 1 saturated carbocycles. The van der Waals surface area contributed by atoms with Gasteiger partial charge in [0.05, 0.1) is 23.6 Å². The maximum atomic E-state index is 12.4. The van der Waals surface area contributed by atoms with Crippen molar-refractivity contribution in [3.05, 3.63) is 72.4 Å². The van der Waals surface area contributed by atoms with Crippen molar-refractivity contribution in [2.24, 2.45) is 0 Å². The molecule has 2 aromatic carbocycles. The number of benzene rings is 2. The van der Waals surface area contributed by atoms with E-state index in [1.54, 1.807) is 12.1 Å². The Morgan fingerprint density at radius 2 is 1.94 bits per heavy atom. The molecular weight excluding hydrogens is 430 g/mol. The van der Waals surface area contributed by atoms with Crippen molar-refractivity contribution in [3.63, 3.8) is 0 Å². The number of carbonyl (C=O) groups excluding carboxylic acids is 1. The van der Waals surface area contributed by atoms with E-state index in [1.807, 2.05) is 43.6 Å². The van der Waals surface area contributed by atoms with Crippen LogP contribution >= 0.6 is 0 Å². The summed E-state index contributed by atoms with van der Waals surface area (Å²) >= 11 is 0. The third kappa shape index (κ3) is 3.67. The smallest absolute Gasteiger partial charge is 0.291 e. The highest BCUT2D eigenvalue weighted by molar-refractivity contribution is 6.02. The van der Waals surface area contributed by atoms with Gasteiger partial charge < -0.3 is 18.8 Å². The van der Waals surface area contributed by atoms with Crippen molar-refractivity contribution in [2.75, 3.05) is 5.32 Å². The molecule has 0 unspecified atom stereocenters. The Bertz CT molecular complexity index is 1480. The molecule has 0 bridgehead atoms. The minimum absolute atomic E-state index is 0.246. The van der Waals surface area contributed by atoms with Crippen LogP contribution in [0.3, 0.4) is 0 Å². The second kappa shape index (κ2) is 8.30. The molecule has 1 N–H and O–H groups in total. The molecule has 0 radical (unpaired) electrons. The van der Waals surface area contributed by atoms with Crippen LogP contribution in [-0.2, 0) is 0 Å². The lowest BCUT2D eigenvalue weighted by Gasteiger charge is -2.11. The first kappa shape index (κ1) is 20.4. The molecule has 6 rings (SSSR count). The molecule has 0 spiro atoms. The second-order valence-electron chi connectivity index (χ2n) is 8.68. The SMILES string of the molecule is Cc1ccc(-c2nc(-c3ccc4c(c3)ncn4C3CCCC3)no2)cc1NC(=O)c1ccco1. The van der Waals surface area contributed by atoms with E-state index in [0.717, 1.165) is 22.2 Å². The number of amides is 1. The molecule has 1 amide bonds. The standard InChI is InChI=1S/C26H23N5O3/c1-16-8-9-18(14-20(16)28-25(32)23-7-4-12-33-23)26-29-24(30-34-26)17-10-11-22-21(13-17)27-15-31(22)19-5-2-3-6-19/h4,7-15,19H,2-3,5-6H2,1H3,(H,28,32). The number of furan rings is 1. The molecule has 1 fully saturated rings. The molecule has 170 valence electrons. The van der Waals surface area contributed by atoms with Gasteiger partial charge in [0.1, 0.15) is 0 Å². The lowest BCUT2D eigenvalue weighted by molar-refractivity contribution is 0.0996. The minimum atomic E-state index is -0.318. The topological polar surface area (TPSA) is 99.0 Å². The monoisotopic (exact) mass is 453 g/mol. The zero-order chi connectivity index (χ0) is 23.1. The van der Waals surface area contributed by atoms with Gasteiger partial charge in [0.25, 0.3) is 11.8 Å². The second-order valence-corrected chi connectivity index (χ2v) is 8.68. The van der Waals surface area contributed by atoms with Crippen molar-refractivity contribution in [1.82, 2.24) is 19.7 Å². The number of rotatable bonds is 5. The molecule has 0 atom stereocenters. The average molecular weight is 454 g/mol. The number of nitrogens with zero attached hydrogens (tertiary/aromatic N) is 4. The van der Waals surface area contributed by atoms with Gasteiger partial charge in [-0.2, -0.15) is 4.98 Å². The lowest BCUT2D eigenvalue weighted by Crippen LogP contribution is -2.11. The van der Waals surface area contributed by atoms with Gasteiger partial charge in [-0.05, 0) is 67.8 Å². The summed E-state index contributed by atoms with van der Waals surface area (Å²) in [7, 11) is 0. The van der Waals surface area contributed by atoms with Gasteiger partial charge in [-0.25, -0.2) is 4.98 Å². The quantitative estimate of drug-likeness (QED) is 0.349. The van der Waals surface area contributed by atoms with Crippen molar-refractivity contribution in [1.29, 1.82) is 0 Å². The van der Waals surface area contributed by atoms with Gasteiger partial charge in [-0.15, -0.1) is 0 Å². The van der Waals surface area contributed by atoms with Crippen LogP contribution in [0.25, 0.3) is 33.9 Å². The normalized spacial score (nSPS) is 14.1. The van der Waals surface area contributed by atoms with Gasteiger partial charge in [0, 0.05) is 22.9 Å². The van der Waals surface area contributed by atoms with E-state index in [0.29, 0.717) is 29.0 Å². The van der Waals surface area contributed by atoms with E-state index >= 15 is 0 Å². The Kier molecular flexibility index (Phi) is 4.98. The van der Waals surface area contributed by atoms with Gasteiger partial charge >= 0.3 is 0 Å². The Morgan fingerprint density at radius 3 is 2.76 bits per heavy atom. The van der Waals surface area contributed by atoms with Crippen LogP contribution in [0.4, 0.5) is 5.69 Å². The first-order chi connectivity index (χ1) is 16.7. The van der Waals surface area contributed by atoms with E-state index in [2.05, 4.69) is 31.1 Å². The molecule has 1 aliphatic rings. The Labute approximate surface area is 195 Å². The summed E-state index contributed by atoms with van der Waals surface area (Å²) in [6.07, 6.45) is 8.39. The summed E-state index contributed by atoms with van der Waals surface area (Å²) < 4.78 is 13.0. The van der Waals surface area contributed by atoms with E-state index < -0.39 is 0 Å². The first-order valence-electron chi connectivity index (χ1n) is 11.4. The van der Waals surface area contributed by atoms with Crippen LogP contribution in [0.2, 0.25) is 0 Å².